The van der Waals surface area contributed by atoms with Gasteiger partial charge in [-0.3, -0.25) is 0 Å². The fraction of sp³-hybridized carbons (Fsp3) is 0.455. The first-order chi connectivity index (χ1) is 6.59. The van der Waals surface area contributed by atoms with E-state index in [2.05, 4.69) is 5.32 Å². The minimum absolute atomic E-state index is 0.300. The Morgan fingerprint density at radius 2 is 2.14 bits per heavy atom. The van der Waals surface area contributed by atoms with Gasteiger partial charge in [-0.15, -0.1) is 0 Å². The monoisotopic (exact) mass is 195 g/mol. The average molecular weight is 195 g/mol. The van der Waals surface area contributed by atoms with E-state index in [0.29, 0.717) is 18.8 Å². The summed E-state index contributed by atoms with van der Waals surface area (Å²) in [7, 11) is 0. The number of nitrogens with one attached hydrogen (secondary N) is 1. The van der Waals surface area contributed by atoms with Gasteiger partial charge in [0, 0.05) is 18.7 Å². The van der Waals surface area contributed by atoms with Gasteiger partial charge < -0.3 is 15.5 Å². The fourth-order valence-electron chi connectivity index (χ4n) is 1.27. The molecule has 0 saturated heterocycles. The number of phenols is 1. The van der Waals surface area contributed by atoms with E-state index >= 15 is 0 Å². The molecule has 1 rings (SSSR count). The second-order valence-electron chi connectivity index (χ2n) is 3.61. The molecule has 78 valence electrons. The maximum atomic E-state index is 9.50. The lowest BCUT2D eigenvalue weighted by atomic mass is 10.1. The smallest absolute Gasteiger partial charge is 0.120 e. The molecular formula is C11H17NO2. The standard InChI is InChI=1S/C11H17NO2/c1-8-3-4-11(14)10(5-8)7-12-6-9(2)13/h3-5,9,12-14H,6-7H2,1-2H3. The van der Waals surface area contributed by atoms with Crippen molar-refractivity contribution in [2.24, 2.45) is 0 Å². The maximum Gasteiger partial charge on any atom is 0.120 e. The first kappa shape index (κ1) is 11.0. The van der Waals surface area contributed by atoms with Crippen molar-refractivity contribution in [3.63, 3.8) is 0 Å². The van der Waals surface area contributed by atoms with Crippen LogP contribution in [0.25, 0.3) is 0 Å². The van der Waals surface area contributed by atoms with Gasteiger partial charge in [-0.25, -0.2) is 0 Å². The van der Waals surface area contributed by atoms with Gasteiger partial charge in [-0.05, 0) is 19.9 Å². The minimum atomic E-state index is -0.359. The van der Waals surface area contributed by atoms with E-state index in [-0.39, 0.29) is 6.10 Å². The summed E-state index contributed by atoms with van der Waals surface area (Å²) in [5.41, 5.74) is 1.99. The van der Waals surface area contributed by atoms with Crippen LogP contribution in [-0.2, 0) is 6.54 Å². The van der Waals surface area contributed by atoms with Crippen molar-refractivity contribution >= 4 is 0 Å². The molecule has 3 heteroatoms. The van der Waals surface area contributed by atoms with E-state index in [1.54, 1.807) is 13.0 Å². The van der Waals surface area contributed by atoms with Gasteiger partial charge >= 0.3 is 0 Å². The fourth-order valence-corrected chi connectivity index (χ4v) is 1.27. The molecule has 1 aromatic rings. The number of hydrogen-bond acceptors (Lipinski definition) is 3. The average Bonchev–Trinajstić information content (AvgIpc) is 2.10. The van der Waals surface area contributed by atoms with Crippen LogP contribution in [0.15, 0.2) is 18.2 Å². The summed E-state index contributed by atoms with van der Waals surface area (Å²) in [6.45, 7) is 4.83. The van der Waals surface area contributed by atoms with Gasteiger partial charge in [0.25, 0.3) is 0 Å². The molecule has 3 N–H and O–H groups in total. The van der Waals surface area contributed by atoms with Crippen LogP contribution in [0.2, 0.25) is 0 Å². The first-order valence-electron chi connectivity index (χ1n) is 4.77. The lowest BCUT2D eigenvalue weighted by Crippen LogP contribution is -2.23. The molecule has 14 heavy (non-hydrogen) atoms. The van der Waals surface area contributed by atoms with E-state index in [9.17, 15) is 5.11 Å². The number of aromatic hydroxyl groups is 1. The minimum Gasteiger partial charge on any atom is -0.508 e. The second-order valence-corrected chi connectivity index (χ2v) is 3.61. The summed E-state index contributed by atoms with van der Waals surface area (Å²) in [5, 5.41) is 21.6. The highest BCUT2D eigenvalue weighted by Gasteiger charge is 2.01. The van der Waals surface area contributed by atoms with Crippen LogP contribution in [0.5, 0.6) is 5.75 Å². The Kier molecular flexibility index (Phi) is 3.92. The first-order valence-corrected chi connectivity index (χ1v) is 4.77. The second kappa shape index (κ2) is 4.98. The molecular weight excluding hydrogens is 178 g/mol. The molecule has 1 aromatic carbocycles. The zero-order valence-corrected chi connectivity index (χ0v) is 8.62. The molecule has 0 aliphatic rings. The summed E-state index contributed by atoms with van der Waals surface area (Å²) >= 11 is 0. The highest BCUT2D eigenvalue weighted by molar-refractivity contribution is 5.35. The van der Waals surface area contributed by atoms with Crippen LogP contribution >= 0.6 is 0 Å². The van der Waals surface area contributed by atoms with Gasteiger partial charge in [0.05, 0.1) is 6.10 Å². The van der Waals surface area contributed by atoms with Crippen molar-refractivity contribution in [2.75, 3.05) is 6.54 Å². The summed E-state index contributed by atoms with van der Waals surface area (Å²) in [4.78, 5) is 0. The van der Waals surface area contributed by atoms with E-state index in [4.69, 9.17) is 5.11 Å². The molecule has 0 spiro atoms. The third kappa shape index (κ3) is 3.36. The SMILES string of the molecule is Cc1ccc(O)c(CNCC(C)O)c1. The van der Waals surface area contributed by atoms with Crippen LogP contribution in [0.1, 0.15) is 18.1 Å². The van der Waals surface area contributed by atoms with Gasteiger partial charge in [0.15, 0.2) is 0 Å². The molecule has 0 fully saturated rings. The Morgan fingerprint density at radius 3 is 2.79 bits per heavy atom. The Hall–Kier alpha value is -1.06. The van der Waals surface area contributed by atoms with Crippen LogP contribution in [-0.4, -0.2) is 22.9 Å². The number of aliphatic hydroxyl groups is 1. The third-order valence-corrected chi connectivity index (χ3v) is 1.99. The molecule has 3 nitrogen and oxygen atoms in total. The van der Waals surface area contributed by atoms with Crippen LogP contribution in [0.3, 0.4) is 0 Å². The number of aliphatic hydroxyl groups excluding tert-OH is 1. The highest BCUT2D eigenvalue weighted by atomic mass is 16.3. The maximum absolute atomic E-state index is 9.50. The van der Waals surface area contributed by atoms with E-state index in [1.165, 1.54) is 0 Å². The molecule has 0 aliphatic carbocycles. The van der Waals surface area contributed by atoms with Gasteiger partial charge in [-0.1, -0.05) is 17.7 Å². The van der Waals surface area contributed by atoms with E-state index in [0.717, 1.165) is 11.1 Å². The number of phenolic OH excluding ortho intramolecular Hbond substituents is 1. The molecule has 0 bridgehead atoms. The van der Waals surface area contributed by atoms with Gasteiger partial charge in [0.2, 0.25) is 0 Å². The van der Waals surface area contributed by atoms with Crippen LogP contribution in [0, 0.1) is 6.92 Å². The van der Waals surface area contributed by atoms with Crippen molar-refractivity contribution in [3.05, 3.63) is 29.3 Å². The summed E-state index contributed by atoms with van der Waals surface area (Å²) in [6.07, 6.45) is -0.359. The van der Waals surface area contributed by atoms with Crippen molar-refractivity contribution in [2.45, 2.75) is 26.5 Å². The normalized spacial score (nSPS) is 12.8. The van der Waals surface area contributed by atoms with Crippen LogP contribution in [0.4, 0.5) is 0 Å². The zero-order chi connectivity index (χ0) is 10.6. The molecule has 0 heterocycles. The number of benzene rings is 1. The number of aryl methyl sites for hydroxylation is 1. The van der Waals surface area contributed by atoms with Crippen LogP contribution < -0.4 is 5.32 Å². The van der Waals surface area contributed by atoms with E-state index in [1.807, 2.05) is 19.1 Å². The predicted octanol–water partition coefficient (Wildman–Crippen LogP) is 1.17. The molecule has 1 atom stereocenters. The Balaban J connectivity index is 2.53. The Labute approximate surface area is 84.4 Å². The van der Waals surface area contributed by atoms with Crippen molar-refractivity contribution in [1.82, 2.24) is 5.32 Å². The largest absolute Gasteiger partial charge is 0.508 e. The number of hydrogen-bond donors (Lipinski definition) is 3. The van der Waals surface area contributed by atoms with Gasteiger partial charge in [0.1, 0.15) is 5.75 Å². The molecule has 0 amide bonds. The third-order valence-electron chi connectivity index (χ3n) is 1.99. The summed E-state index contributed by atoms with van der Waals surface area (Å²) in [6, 6.07) is 5.49. The molecule has 0 aliphatic heterocycles. The Bertz CT molecular complexity index is 297. The topological polar surface area (TPSA) is 52.5 Å². The predicted molar refractivity (Wildman–Crippen MR) is 56.2 cm³/mol. The summed E-state index contributed by atoms with van der Waals surface area (Å²) < 4.78 is 0. The van der Waals surface area contributed by atoms with Crippen molar-refractivity contribution in [3.8, 4) is 5.75 Å². The molecule has 0 radical (unpaired) electrons. The van der Waals surface area contributed by atoms with Gasteiger partial charge in [-0.2, -0.15) is 0 Å². The quantitative estimate of drug-likeness (QED) is 0.676. The van der Waals surface area contributed by atoms with Crippen molar-refractivity contribution in [1.29, 1.82) is 0 Å². The lowest BCUT2D eigenvalue weighted by molar-refractivity contribution is 0.191. The van der Waals surface area contributed by atoms with Crippen molar-refractivity contribution < 1.29 is 10.2 Å². The number of rotatable bonds is 4. The molecule has 0 aromatic heterocycles. The summed E-state index contributed by atoms with van der Waals surface area (Å²) in [5.74, 6) is 0.300. The highest BCUT2D eigenvalue weighted by Crippen LogP contribution is 2.17. The lowest BCUT2D eigenvalue weighted by Gasteiger charge is -2.08. The van der Waals surface area contributed by atoms with E-state index < -0.39 is 0 Å². The Morgan fingerprint density at radius 1 is 1.43 bits per heavy atom. The molecule has 0 saturated carbocycles. The zero-order valence-electron chi connectivity index (χ0n) is 8.62. The molecule has 1 unspecified atom stereocenters.